The fourth-order valence-electron chi connectivity index (χ4n) is 3.30. The van der Waals surface area contributed by atoms with Crippen molar-refractivity contribution in [2.24, 2.45) is 0 Å². The second-order valence-corrected chi connectivity index (χ2v) is 9.02. The van der Waals surface area contributed by atoms with Gasteiger partial charge in [-0.25, -0.2) is 8.42 Å². The van der Waals surface area contributed by atoms with E-state index >= 15 is 0 Å². The molecule has 0 aliphatic carbocycles. The summed E-state index contributed by atoms with van der Waals surface area (Å²) < 4.78 is 27.7. The zero-order chi connectivity index (χ0) is 21.6. The third kappa shape index (κ3) is 5.14. The Morgan fingerprint density at radius 2 is 1.53 bits per heavy atom. The van der Waals surface area contributed by atoms with Gasteiger partial charge in [-0.15, -0.1) is 0 Å². The Bertz CT molecular complexity index is 1100. The van der Waals surface area contributed by atoms with E-state index in [-0.39, 0.29) is 23.9 Å². The molecule has 3 rings (SSSR count). The van der Waals surface area contributed by atoms with E-state index in [1.165, 1.54) is 4.31 Å². The van der Waals surface area contributed by atoms with Gasteiger partial charge in [0.15, 0.2) is 0 Å². The standard InChI is InChI=1S/C24H26N2O3S/c1-3-21-14-10-11-19(2)24(21)25-23(27)18-26(17-20-12-6-4-7-13-20)30(28,29)22-15-8-5-9-16-22/h4-16H,3,17-18H2,1-2H3,(H,25,27). The molecule has 5 nitrogen and oxygen atoms in total. The van der Waals surface area contributed by atoms with E-state index in [4.69, 9.17) is 0 Å². The summed E-state index contributed by atoms with van der Waals surface area (Å²) in [6, 6.07) is 23.3. The minimum atomic E-state index is -3.84. The summed E-state index contributed by atoms with van der Waals surface area (Å²) in [7, 11) is -3.84. The molecule has 0 spiro atoms. The van der Waals surface area contributed by atoms with Gasteiger partial charge in [-0.1, -0.05) is 73.7 Å². The van der Waals surface area contributed by atoms with Gasteiger partial charge in [0.1, 0.15) is 0 Å². The predicted molar refractivity (Wildman–Crippen MR) is 120 cm³/mol. The molecule has 0 aliphatic heterocycles. The Morgan fingerprint density at radius 1 is 0.900 bits per heavy atom. The maximum absolute atomic E-state index is 13.3. The normalized spacial score (nSPS) is 11.4. The lowest BCUT2D eigenvalue weighted by Gasteiger charge is -2.22. The lowest BCUT2D eigenvalue weighted by Crippen LogP contribution is -2.37. The Morgan fingerprint density at radius 3 is 2.17 bits per heavy atom. The number of hydrogen-bond acceptors (Lipinski definition) is 3. The third-order valence-corrected chi connectivity index (χ3v) is 6.71. The van der Waals surface area contributed by atoms with Crippen molar-refractivity contribution in [3.63, 3.8) is 0 Å². The zero-order valence-corrected chi connectivity index (χ0v) is 18.0. The first-order valence-electron chi connectivity index (χ1n) is 9.89. The molecule has 0 atom stereocenters. The van der Waals surface area contributed by atoms with Gasteiger partial charge < -0.3 is 5.32 Å². The molecule has 3 aromatic carbocycles. The fourth-order valence-corrected chi connectivity index (χ4v) is 4.70. The molecule has 30 heavy (non-hydrogen) atoms. The lowest BCUT2D eigenvalue weighted by atomic mass is 10.1. The number of carbonyl (C=O) groups is 1. The number of sulfonamides is 1. The number of amides is 1. The van der Waals surface area contributed by atoms with Crippen LogP contribution in [0.3, 0.4) is 0 Å². The van der Waals surface area contributed by atoms with Gasteiger partial charge in [0.25, 0.3) is 0 Å². The van der Waals surface area contributed by atoms with Crippen LogP contribution in [-0.4, -0.2) is 25.2 Å². The quantitative estimate of drug-likeness (QED) is 0.586. The topological polar surface area (TPSA) is 66.5 Å². The fraction of sp³-hybridized carbons (Fsp3) is 0.208. The summed E-state index contributed by atoms with van der Waals surface area (Å²) in [5.41, 5.74) is 3.53. The number of hydrogen-bond donors (Lipinski definition) is 1. The minimum absolute atomic E-state index is 0.111. The van der Waals surface area contributed by atoms with Gasteiger partial charge in [-0.05, 0) is 42.2 Å². The van der Waals surface area contributed by atoms with E-state index in [9.17, 15) is 13.2 Å². The molecule has 0 saturated carbocycles. The average molecular weight is 423 g/mol. The highest BCUT2D eigenvalue weighted by Gasteiger charge is 2.27. The van der Waals surface area contributed by atoms with Crippen LogP contribution >= 0.6 is 0 Å². The minimum Gasteiger partial charge on any atom is -0.324 e. The van der Waals surface area contributed by atoms with Gasteiger partial charge in [0, 0.05) is 12.2 Å². The number of nitrogens with one attached hydrogen (secondary N) is 1. The first-order chi connectivity index (χ1) is 14.4. The van der Waals surface area contributed by atoms with E-state index in [0.29, 0.717) is 0 Å². The molecule has 0 fully saturated rings. The van der Waals surface area contributed by atoms with Gasteiger partial charge in [-0.2, -0.15) is 4.31 Å². The molecule has 156 valence electrons. The van der Waals surface area contributed by atoms with Gasteiger partial charge in [0.05, 0.1) is 11.4 Å². The molecular formula is C24H26N2O3S. The SMILES string of the molecule is CCc1cccc(C)c1NC(=O)CN(Cc1ccccc1)S(=O)(=O)c1ccccc1. The van der Waals surface area contributed by atoms with Crippen molar-refractivity contribution in [1.82, 2.24) is 4.31 Å². The number of anilines is 1. The van der Waals surface area contributed by atoms with Gasteiger partial charge >= 0.3 is 0 Å². The van der Waals surface area contributed by atoms with Crippen molar-refractivity contribution in [1.29, 1.82) is 0 Å². The number of para-hydroxylation sites is 1. The summed E-state index contributed by atoms with van der Waals surface area (Å²) in [6.45, 7) is 3.78. The van der Waals surface area contributed by atoms with Crippen LogP contribution in [-0.2, 0) is 27.8 Å². The number of rotatable bonds is 8. The van der Waals surface area contributed by atoms with E-state index in [1.807, 2.05) is 62.4 Å². The molecule has 0 bridgehead atoms. The van der Waals surface area contributed by atoms with E-state index in [1.54, 1.807) is 30.3 Å². The Balaban J connectivity index is 1.88. The van der Waals surface area contributed by atoms with Crippen molar-refractivity contribution in [3.8, 4) is 0 Å². The van der Waals surface area contributed by atoms with Crippen LogP contribution < -0.4 is 5.32 Å². The summed E-state index contributed by atoms with van der Waals surface area (Å²) in [5.74, 6) is -0.366. The average Bonchev–Trinajstić information content (AvgIpc) is 2.76. The summed E-state index contributed by atoms with van der Waals surface area (Å²) >= 11 is 0. The summed E-state index contributed by atoms with van der Waals surface area (Å²) in [4.78, 5) is 13.1. The Labute approximate surface area is 178 Å². The molecule has 0 heterocycles. The molecule has 0 aliphatic rings. The highest BCUT2D eigenvalue weighted by molar-refractivity contribution is 7.89. The Hall–Kier alpha value is -2.96. The predicted octanol–water partition coefficient (Wildman–Crippen LogP) is 4.39. The molecule has 0 radical (unpaired) electrons. The van der Waals surface area contributed by atoms with Crippen LogP contribution in [0.2, 0.25) is 0 Å². The molecule has 0 aromatic heterocycles. The van der Waals surface area contributed by atoms with E-state index in [0.717, 1.165) is 28.8 Å². The van der Waals surface area contributed by atoms with Crippen molar-refractivity contribution >= 4 is 21.6 Å². The third-order valence-electron chi connectivity index (χ3n) is 4.91. The maximum Gasteiger partial charge on any atom is 0.243 e. The second-order valence-electron chi connectivity index (χ2n) is 7.08. The number of benzene rings is 3. The molecule has 0 unspecified atom stereocenters. The lowest BCUT2D eigenvalue weighted by molar-refractivity contribution is -0.116. The Kier molecular flexibility index (Phi) is 7.03. The van der Waals surface area contributed by atoms with Crippen molar-refractivity contribution in [2.75, 3.05) is 11.9 Å². The molecule has 0 saturated heterocycles. The van der Waals surface area contributed by atoms with E-state index in [2.05, 4.69) is 5.32 Å². The van der Waals surface area contributed by atoms with Crippen molar-refractivity contribution < 1.29 is 13.2 Å². The monoisotopic (exact) mass is 422 g/mol. The number of carbonyl (C=O) groups excluding carboxylic acids is 1. The van der Waals surface area contributed by atoms with Crippen LogP contribution in [0, 0.1) is 6.92 Å². The molecule has 6 heteroatoms. The van der Waals surface area contributed by atoms with Crippen LogP contribution in [0.25, 0.3) is 0 Å². The molecule has 1 amide bonds. The van der Waals surface area contributed by atoms with Crippen LogP contribution in [0.15, 0.2) is 83.8 Å². The molecule has 1 N–H and O–H groups in total. The van der Waals surface area contributed by atoms with Crippen molar-refractivity contribution in [3.05, 3.63) is 95.6 Å². The van der Waals surface area contributed by atoms with Gasteiger partial charge in [-0.3, -0.25) is 4.79 Å². The summed E-state index contributed by atoms with van der Waals surface area (Å²) in [5, 5.41) is 2.92. The largest absolute Gasteiger partial charge is 0.324 e. The molecule has 3 aromatic rings. The van der Waals surface area contributed by atoms with Crippen LogP contribution in [0.1, 0.15) is 23.6 Å². The first-order valence-corrected chi connectivity index (χ1v) is 11.3. The smallest absolute Gasteiger partial charge is 0.243 e. The van der Waals surface area contributed by atoms with Crippen LogP contribution in [0.4, 0.5) is 5.69 Å². The number of nitrogens with zero attached hydrogens (tertiary/aromatic N) is 1. The number of aryl methyl sites for hydroxylation is 2. The van der Waals surface area contributed by atoms with E-state index < -0.39 is 10.0 Å². The zero-order valence-electron chi connectivity index (χ0n) is 17.2. The highest BCUT2D eigenvalue weighted by atomic mass is 32.2. The summed E-state index contributed by atoms with van der Waals surface area (Å²) in [6.07, 6.45) is 0.771. The van der Waals surface area contributed by atoms with Gasteiger partial charge in [0.2, 0.25) is 15.9 Å². The molecular weight excluding hydrogens is 396 g/mol. The maximum atomic E-state index is 13.3. The first kappa shape index (κ1) is 21.7. The van der Waals surface area contributed by atoms with Crippen molar-refractivity contribution in [2.45, 2.75) is 31.7 Å². The highest BCUT2D eigenvalue weighted by Crippen LogP contribution is 2.22. The van der Waals surface area contributed by atoms with Crippen LogP contribution in [0.5, 0.6) is 0 Å². The second kappa shape index (κ2) is 9.69.